The fraction of sp³-hybridized carbons (Fsp3) is 0. The van der Waals surface area contributed by atoms with Gasteiger partial charge in [-0.2, -0.15) is 0 Å². The Morgan fingerprint density at radius 2 is 1.63 bits per heavy atom. The highest BCUT2D eigenvalue weighted by atomic mass is 35.5. The van der Waals surface area contributed by atoms with Gasteiger partial charge in [0.1, 0.15) is 5.75 Å². The van der Waals surface area contributed by atoms with Crippen molar-refractivity contribution in [2.75, 3.05) is 0 Å². The summed E-state index contributed by atoms with van der Waals surface area (Å²) in [6.07, 6.45) is 0. The van der Waals surface area contributed by atoms with Gasteiger partial charge in [-0.25, -0.2) is 8.78 Å². The Morgan fingerprint density at radius 1 is 1.11 bits per heavy atom. The van der Waals surface area contributed by atoms with Gasteiger partial charge in [-0.3, -0.25) is 4.21 Å². The Morgan fingerprint density at radius 3 is 2.11 bits per heavy atom. The molecule has 1 atom stereocenters. The molecule has 2 rings (SSSR count). The fourth-order valence-electron chi connectivity index (χ4n) is 1.35. The maximum Gasteiger partial charge on any atom is 0.198 e. The number of ether oxygens (including phenoxy) is 1. The Labute approximate surface area is 115 Å². The third-order valence-corrected chi connectivity index (χ3v) is 3.07. The van der Waals surface area contributed by atoms with Crippen LogP contribution in [0.15, 0.2) is 41.3 Å². The molecule has 0 fully saturated rings. The normalized spacial score (nSPS) is 12.2. The van der Waals surface area contributed by atoms with Gasteiger partial charge in [0, 0.05) is 9.92 Å². The summed E-state index contributed by atoms with van der Waals surface area (Å²) in [7, 11) is 0. The lowest BCUT2D eigenvalue weighted by Crippen LogP contribution is -1.97. The molecule has 7 heteroatoms. The van der Waals surface area contributed by atoms with Crippen molar-refractivity contribution in [3.63, 3.8) is 0 Å². The van der Waals surface area contributed by atoms with E-state index in [9.17, 15) is 17.5 Å². The quantitative estimate of drug-likeness (QED) is 0.813. The molecular weight excluding hydrogens is 298 g/mol. The molecule has 2 aromatic rings. The van der Waals surface area contributed by atoms with Crippen LogP contribution in [0.4, 0.5) is 8.78 Å². The highest BCUT2D eigenvalue weighted by molar-refractivity contribution is 7.79. The molecule has 100 valence electrons. The summed E-state index contributed by atoms with van der Waals surface area (Å²) in [5.41, 5.74) is 0. The maximum absolute atomic E-state index is 13.6. The zero-order valence-corrected chi connectivity index (χ0v) is 10.8. The third kappa shape index (κ3) is 3.28. The van der Waals surface area contributed by atoms with Crippen LogP contribution in [-0.4, -0.2) is 8.76 Å². The summed E-state index contributed by atoms with van der Waals surface area (Å²) in [6.45, 7) is 0. The second-order valence-corrected chi connectivity index (χ2v) is 4.88. The van der Waals surface area contributed by atoms with Crippen molar-refractivity contribution in [2.24, 2.45) is 0 Å². The topological polar surface area (TPSA) is 49.4 Å². The summed E-state index contributed by atoms with van der Waals surface area (Å²) in [5, 5.41) is 0.449. The lowest BCUT2D eigenvalue weighted by atomic mass is 10.3. The number of hydrogen-bond acceptors (Lipinski definition) is 3. The summed E-state index contributed by atoms with van der Waals surface area (Å²) in [6, 6.07) is 7.21. The van der Waals surface area contributed by atoms with E-state index in [0.717, 1.165) is 0 Å². The van der Waals surface area contributed by atoms with Crippen molar-refractivity contribution < 1.29 is 22.3 Å². The molecule has 19 heavy (non-hydrogen) atoms. The summed E-state index contributed by atoms with van der Waals surface area (Å²) < 4.78 is 53.4. The minimum absolute atomic E-state index is 0.179. The number of benzene rings is 2. The second kappa shape index (κ2) is 5.64. The fourth-order valence-corrected chi connectivity index (χ4v) is 1.88. The molecule has 0 aliphatic rings. The van der Waals surface area contributed by atoms with Crippen LogP contribution in [0.25, 0.3) is 0 Å². The monoisotopic (exact) mass is 303 g/mol. The summed E-state index contributed by atoms with van der Waals surface area (Å²) in [5.74, 6) is -2.70. The second-order valence-electron chi connectivity index (χ2n) is 3.51. The van der Waals surface area contributed by atoms with Crippen LogP contribution in [-0.2, 0) is 11.1 Å². The van der Waals surface area contributed by atoms with Crippen LogP contribution in [0.5, 0.6) is 11.5 Å². The highest BCUT2D eigenvalue weighted by Crippen LogP contribution is 2.29. The van der Waals surface area contributed by atoms with Gasteiger partial charge in [0.2, 0.25) is 0 Å². The summed E-state index contributed by atoms with van der Waals surface area (Å²) >= 11 is 2.95. The van der Waals surface area contributed by atoms with Gasteiger partial charge >= 0.3 is 0 Å². The molecule has 0 amide bonds. The number of rotatable bonds is 3. The molecule has 0 spiro atoms. The molecule has 1 unspecified atom stereocenters. The van der Waals surface area contributed by atoms with Crippen molar-refractivity contribution >= 4 is 22.7 Å². The maximum atomic E-state index is 13.6. The molecule has 0 aliphatic carbocycles. The molecule has 0 bridgehead atoms. The van der Waals surface area contributed by atoms with Crippen LogP contribution in [0.3, 0.4) is 0 Å². The van der Waals surface area contributed by atoms with E-state index in [1.807, 2.05) is 0 Å². The van der Waals surface area contributed by atoms with Crippen LogP contribution in [0.1, 0.15) is 0 Å². The average molecular weight is 304 g/mol. The van der Waals surface area contributed by atoms with E-state index in [0.29, 0.717) is 17.2 Å². The minimum atomic E-state index is -2.71. The van der Waals surface area contributed by atoms with E-state index in [-0.39, 0.29) is 5.75 Å². The molecule has 0 saturated heterocycles. The zero-order valence-electron chi connectivity index (χ0n) is 9.23. The standard InChI is InChI=1S/C12H7ClF2O3S/c13-7-1-3-8(4-2-7)18-12-10(14)5-9(19(16)17)6-11(12)15/h1-6H,(H,16,17)/p-1. The zero-order chi connectivity index (χ0) is 14.0. The van der Waals surface area contributed by atoms with Crippen molar-refractivity contribution in [3.05, 3.63) is 53.1 Å². The van der Waals surface area contributed by atoms with Gasteiger partial charge in [-0.15, -0.1) is 0 Å². The smallest absolute Gasteiger partial charge is 0.198 e. The first-order chi connectivity index (χ1) is 8.97. The van der Waals surface area contributed by atoms with E-state index < -0.39 is 33.4 Å². The third-order valence-electron chi connectivity index (χ3n) is 2.20. The Balaban J connectivity index is 2.35. The molecule has 0 heterocycles. The Kier molecular flexibility index (Phi) is 4.14. The predicted octanol–water partition coefficient (Wildman–Crippen LogP) is 3.65. The van der Waals surface area contributed by atoms with Crippen molar-refractivity contribution in [2.45, 2.75) is 4.90 Å². The average Bonchev–Trinajstić information content (AvgIpc) is 2.35. The van der Waals surface area contributed by atoms with Crippen LogP contribution >= 0.6 is 11.6 Å². The molecule has 0 saturated carbocycles. The van der Waals surface area contributed by atoms with Crippen LogP contribution < -0.4 is 4.74 Å². The first-order valence-corrected chi connectivity index (χ1v) is 6.44. The number of hydrogen-bond donors (Lipinski definition) is 0. The lowest BCUT2D eigenvalue weighted by molar-refractivity contribution is 0.404. The number of halogens is 3. The molecular formula is C12H6ClF2O3S-. The van der Waals surface area contributed by atoms with Gasteiger partial charge in [0.15, 0.2) is 17.4 Å². The molecule has 0 aliphatic heterocycles. The van der Waals surface area contributed by atoms with E-state index in [1.54, 1.807) is 0 Å². The van der Waals surface area contributed by atoms with Crippen molar-refractivity contribution in [1.29, 1.82) is 0 Å². The van der Waals surface area contributed by atoms with Crippen LogP contribution in [0, 0.1) is 11.6 Å². The van der Waals surface area contributed by atoms with E-state index >= 15 is 0 Å². The largest absolute Gasteiger partial charge is 0.768 e. The van der Waals surface area contributed by atoms with Crippen molar-refractivity contribution in [1.82, 2.24) is 0 Å². The Bertz CT molecular complexity index is 608. The van der Waals surface area contributed by atoms with Gasteiger partial charge in [-0.1, -0.05) is 11.6 Å². The molecule has 0 aromatic heterocycles. The van der Waals surface area contributed by atoms with E-state index in [4.69, 9.17) is 16.3 Å². The molecule has 3 nitrogen and oxygen atoms in total. The van der Waals surface area contributed by atoms with Crippen molar-refractivity contribution in [3.8, 4) is 11.5 Å². The molecule has 0 radical (unpaired) electrons. The lowest BCUT2D eigenvalue weighted by Gasteiger charge is -2.11. The molecule has 0 N–H and O–H groups in total. The van der Waals surface area contributed by atoms with E-state index in [1.165, 1.54) is 24.3 Å². The van der Waals surface area contributed by atoms with E-state index in [2.05, 4.69) is 0 Å². The summed E-state index contributed by atoms with van der Waals surface area (Å²) in [4.78, 5) is -0.488. The van der Waals surface area contributed by atoms with Gasteiger partial charge in [-0.05, 0) is 47.5 Å². The van der Waals surface area contributed by atoms with Crippen LogP contribution in [0.2, 0.25) is 5.02 Å². The first-order valence-electron chi connectivity index (χ1n) is 4.99. The Hall–Kier alpha value is -1.50. The van der Waals surface area contributed by atoms with Gasteiger partial charge < -0.3 is 9.29 Å². The molecule has 2 aromatic carbocycles. The SMILES string of the molecule is O=S([O-])c1cc(F)c(Oc2ccc(Cl)cc2)c(F)c1. The predicted molar refractivity (Wildman–Crippen MR) is 65.1 cm³/mol. The van der Waals surface area contributed by atoms with Gasteiger partial charge in [0.25, 0.3) is 0 Å². The first kappa shape index (κ1) is 13.9. The highest BCUT2D eigenvalue weighted by Gasteiger charge is 2.14. The van der Waals surface area contributed by atoms with Gasteiger partial charge in [0.05, 0.1) is 0 Å². The minimum Gasteiger partial charge on any atom is -0.768 e.